The number of ether oxygens (including phenoxy) is 2. The zero-order chi connectivity index (χ0) is 21.3. The second-order valence-electron chi connectivity index (χ2n) is 6.98. The van der Waals surface area contributed by atoms with Gasteiger partial charge in [0.05, 0.1) is 5.56 Å². The van der Waals surface area contributed by atoms with Gasteiger partial charge in [-0.25, -0.2) is 4.79 Å². The fraction of sp³-hybridized carbons (Fsp3) is 0.167. The fourth-order valence-corrected chi connectivity index (χ4v) is 3.22. The number of rotatable bonds is 5. The van der Waals surface area contributed by atoms with Crippen LogP contribution in [0.25, 0.3) is 22.5 Å². The van der Waals surface area contributed by atoms with Gasteiger partial charge in [0.1, 0.15) is 23.7 Å². The van der Waals surface area contributed by atoms with Crippen LogP contribution >= 0.6 is 0 Å². The van der Waals surface area contributed by atoms with E-state index in [4.69, 9.17) is 18.3 Å². The van der Waals surface area contributed by atoms with Crippen LogP contribution in [-0.4, -0.2) is 5.97 Å². The van der Waals surface area contributed by atoms with Crippen molar-refractivity contribution >= 4 is 16.9 Å². The molecule has 0 saturated heterocycles. The molecule has 4 aromatic rings. The first-order valence-electron chi connectivity index (χ1n) is 9.46. The van der Waals surface area contributed by atoms with E-state index in [-0.39, 0.29) is 17.1 Å². The molecule has 0 aliphatic carbocycles. The summed E-state index contributed by atoms with van der Waals surface area (Å²) in [6.45, 7) is 5.00. The predicted octanol–water partition coefficient (Wildman–Crippen LogP) is 5.17. The minimum atomic E-state index is -0.584. The molecule has 0 bridgehead atoms. The number of benzene rings is 2. The lowest BCUT2D eigenvalue weighted by molar-refractivity contribution is -0.132. The van der Waals surface area contributed by atoms with E-state index < -0.39 is 11.6 Å². The van der Waals surface area contributed by atoms with Crippen molar-refractivity contribution < 1.29 is 23.1 Å². The van der Waals surface area contributed by atoms with Crippen LogP contribution in [0.2, 0.25) is 0 Å². The van der Waals surface area contributed by atoms with Gasteiger partial charge in [-0.05, 0) is 43.7 Å². The SMILES string of the molecule is CC(=O)Oc1c(C)c(-c2cc3cc(OCc4ccccc4)ccc3o2)oc(=O)c1C. The maximum absolute atomic E-state index is 12.2. The van der Waals surface area contributed by atoms with Gasteiger partial charge in [-0.1, -0.05) is 30.3 Å². The van der Waals surface area contributed by atoms with Crippen molar-refractivity contribution in [1.29, 1.82) is 0 Å². The van der Waals surface area contributed by atoms with E-state index >= 15 is 0 Å². The lowest BCUT2D eigenvalue weighted by Crippen LogP contribution is -2.12. The van der Waals surface area contributed by atoms with Gasteiger partial charge >= 0.3 is 11.6 Å². The molecule has 0 amide bonds. The summed E-state index contributed by atoms with van der Waals surface area (Å²) >= 11 is 0. The second-order valence-corrected chi connectivity index (χ2v) is 6.98. The van der Waals surface area contributed by atoms with Crippen LogP contribution in [0.1, 0.15) is 23.6 Å². The minimum absolute atomic E-state index is 0.195. The summed E-state index contributed by atoms with van der Waals surface area (Å²) in [5.41, 5.74) is 1.86. The molecular formula is C24H20O6. The summed E-state index contributed by atoms with van der Waals surface area (Å²) in [6.07, 6.45) is 0. The van der Waals surface area contributed by atoms with Gasteiger partial charge in [0.15, 0.2) is 11.5 Å². The van der Waals surface area contributed by atoms with E-state index in [1.165, 1.54) is 6.92 Å². The lowest BCUT2D eigenvalue weighted by Gasteiger charge is -2.10. The molecule has 2 heterocycles. The fourth-order valence-electron chi connectivity index (χ4n) is 3.22. The first-order chi connectivity index (χ1) is 14.4. The molecule has 2 aromatic heterocycles. The molecule has 0 spiro atoms. The zero-order valence-corrected chi connectivity index (χ0v) is 16.9. The Morgan fingerprint density at radius 1 is 0.967 bits per heavy atom. The van der Waals surface area contributed by atoms with Crippen LogP contribution in [-0.2, 0) is 11.4 Å². The van der Waals surface area contributed by atoms with E-state index in [2.05, 4.69) is 0 Å². The van der Waals surface area contributed by atoms with Crippen molar-refractivity contribution in [2.45, 2.75) is 27.4 Å². The molecule has 2 aromatic carbocycles. The monoisotopic (exact) mass is 404 g/mol. The van der Waals surface area contributed by atoms with Gasteiger partial charge in [-0.2, -0.15) is 0 Å². The number of hydrogen-bond acceptors (Lipinski definition) is 6. The Labute approximate surface area is 172 Å². The molecule has 0 atom stereocenters. The number of esters is 1. The van der Waals surface area contributed by atoms with Gasteiger partial charge in [-0.3, -0.25) is 4.79 Å². The smallest absolute Gasteiger partial charge is 0.343 e. The predicted molar refractivity (Wildman–Crippen MR) is 112 cm³/mol. The summed E-state index contributed by atoms with van der Waals surface area (Å²) in [7, 11) is 0. The third-order valence-electron chi connectivity index (χ3n) is 4.73. The van der Waals surface area contributed by atoms with Gasteiger partial charge in [0.2, 0.25) is 0 Å². The first-order valence-corrected chi connectivity index (χ1v) is 9.46. The Balaban J connectivity index is 1.68. The molecule has 6 nitrogen and oxygen atoms in total. The van der Waals surface area contributed by atoms with Gasteiger partial charge in [-0.15, -0.1) is 0 Å². The first kappa shape index (κ1) is 19.5. The molecule has 0 radical (unpaired) electrons. The Morgan fingerprint density at radius 3 is 2.47 bits per heavy atom. The summed E-state index contributed by atoms with van der Waals surface area (Å²) in [5, 5.41) is 0.798. The number of hydrogen-bond donors (Lipinski definition) is 0. The standard InChI is InChI=1S/C24H20O6/c1-14-22(28-16(3)25)15(2)24(26)30-23(14)21-12-18-11-19(9-10-20(18)29-21)27-13-17-7-5-4-6-8-17/h4-12H,13H2,1-3H3. The Hall–Kier alpha value is -3.80. The highest BCUT2D eigenvalue weighted by Gasteiger charge is 2.21. The van der Waals surface area contributed by atoms with Crippen molar-refractivity contribution in [3.05, 3.63) is 81.7 Å². The van der Waals surface area contributed by atoms with Gasteiger partial charge in [0, 0.05) is 17.9 Å². The van der Waals surface area contributed by atoms with E-state index in [0.717, 1.165) is 10.9 Å². The topological polar surface area (TPSA) is 78.9 Å². The summed E-state index contributed by atoms with van der Waals surface area (Å²) < 4.78 is 22.4. The highest BCUT2D eigenvalue weighted by atomic mass is 16.5. The highest BCUT2D eigenvalue weighted by molar-refractivity contribution is 5.84. The molecule has 0 saturated carbocycles. The largest absolute Gasteiger partial charge is 0.489 e. The van der Waals surface area contributed by atoms with Crippen LogP contribution in [0.15, 0.2) is 68.2 Å². The summed E-state index contributed by atoms with van der Waals surface area (Å²) in [6, 6.07) is 17.1. The highest BCUT2D eigenvalue weighted by Crippen LogP contribution is 2.35. The van der Waals surface area contributed by atoms with E-state index in [1.807, 2.05) is 42.5 Å². The van der Waals surface area contributed by atoms with Crippen molar-refractivity contribution in [3.63, 3.8) is 0 Å². The molecule has 0 aliphatic heterocycles. The zero-order valence-electron chi connectivity index (χ0n) is 16.9. The maximum Gasteiger partial charge on any atom is 0.343 e. The number of furan rings is 1. The van der Waals surface area contributed by atoms with Crippen molar-refractivity contribution in [2.75, 3.05) is 0 Å². The number of carbonyl (C=O) groups excluding carboxylic acids is 1. The molecule has 152 valence electrons. The minimum Gasteiger partial charge on any atom is -0.489 e. The quantitative estimate of drug-likeness (QED) is 0.427. The van der Waals surface area contributed by atoms with Gasteiger partial charge < -0.3 is 18.3 Å². The number of fused-ring (bicyclic) bond motifs is 1. The van der Waals surface area contributed by atoms with Crippen LogP contribution < -0.4 is 15.1 Å². The van der Waals surface area contributed by atoms with Crippen LogP contribution in [0, 0.1) is 13.8 Å². The van der Waals surface area contributed by atoms with Crippen molar-refractivity contribution in [1.82, 2.24) is 0 Å². The van der Waals surface area contributed by atoms with E-state index in [9.17, 15) is 9.59 Å². The Morgan fingerprint density at radius 2 is 1.73 bits per heavy atom. The van der Waals surface area contributed by atoms with Crippen LogP contribution in [0.5, 0.6) is 11.5 Å². The second kappa shape index (κ2) is 7.91. The average Bonchev–Trinajstić information content (AvgIpc) is 3.16. The molecule has 4 rings (SSSR count). The molecule has 6 heteroatoms. The van der Waals surface area contributed by atoms with Crippen molar-refractivity contribution in [2.24, 2.45) is 0 Å². The average molecular weight is 404 g/mol. The van der Waals surface area contributed by atoms with E-state index in [0.29, 0.717) is 29.3 Å². The third-order valence-corrected chi connectivity index (χ3v) is 4.73. The summed E-state index contributed by atoms with van der Waals surface area (Å²) in [5.74, 6) is 0.975. The molecule has 0 unspecified atom stereocenters. The van der Waals surface area contributed by atoms with E-state index in [1.54, 1.807) is 26.0 Å². The molecule has 0 aliphatic rings. The normalized spacial score (nSPS) is 10.9. The third kappa shape index (κ3) is 3.85. The molecular weight excluding hydrogens is 384 g/mol. The lowest BCUT2D eigenvalue weighted by atomic mass is 10.1. The van der Waals surface area contributed by atoms with Crippen LogP contribution in [0.4, 0.5) is 0 Å². The summed E-state index contributed by atoms with van der Waals surface area (Å²) in [4.78, 5) is 23.7. The molecule has 0 N–H and O–H groups in total. The Bertz CT molecular complexity index is 1280. The molecule has 0 fully saturated rings. The molecule has 30 heavy (non-hydrogen) atoms. The van der Waals surface area contributed by atoms with Crippen LogP contribution in [0.3, 0.4) is 0 Å². The van der Waals surface area contributed by atoms with Gasteiger partial charge in [0.25, 0.3) is 0 Å². The number of carbonyl (C=O) groups is 1. The van der Waals surface area contributed by atoms with Crippen molar-refractivity contribution in [3.8, 4) is 23.0 Å². The Kier molecular flexibility index (Phi) is 5.14. The maximum atomic E-state index is 12.2.